The van der Waals surface area contributed by atoms with Crippen LogP contribution >= 0.6 is 11.6 Å². The molecular formula is C17H13ClNO4-. The molecule has 0 unspecified atom stereocenters. The van der Waals surface area contributed by atoms with E-state index in [-0.39, 0.29) is 5.70 Å². The van der Waals surface area contributed by atoms with E-state index in [1.807, 2.05) is 0 Å². The van der Waals surface area contributed by atoms with Crippen LogP contribution in [0.1, 0.15) is 10.4 Å². The van der Waals surface area contributed by atoms with Crippen molar-refractivity contribution in [1.29, 1.82) is 0 Å². The molecule has 0 spiro atoms. The van der Waals surface area contributed by atoms with E-state index in [0.717, 1.165) is 6.08 Å². The van der Waals surface area contributed by atoms with Crippen molar-refractivity contribution in [2.45, 2.75) is 0 Å². The number of allylic oxidation sites excluding steroid dienone is 1. The van der Waals surface area contributed by atoms with Gasteiger partial charge in [-0.05, 0) is 48.5 Å². The second-order valence-electron chi connectivity index (χ2n) is 4.57. The van der Waals surface area contributed by atoms with Crippen molar-refractivity contribution in [2.75, 3.05) is 12.4 Å². The number of hydrogen-bond acceptors (Lipinski definition) is 5. The van der Waals surface area contributed by atoms with E-state index >= 15 is 0 Å². The van der Waals surface area contributed by atoms with Crippen LogP contribution in [-0.4, -0.2) is 18.9 Å². The molecule has 0 aromatic heterocycles. The van der Waals surface area contributed by atoms with E-state index in [1.54, 1.807) is 48.5 Å². The van der Waals surface area contributed by atoms with Crippen LogP contribution in [-0.2, 0) is 4.79 Å². The number of anilines is 1. The summed E-state index contributed by atoms with van der Waals surface area (Å²) in [7, 11) is 1.51. The van der Waals surface area contributed by atoms with E-state index in [2.05, 4.69) is 5.32 Å². The number of benzene rings is 2. The lowest BCUT2D eigenvalue weighted by atomic mass is 10.1. The fourth-order valence-corrected chi connectivity index (χ4v) is 1.93. The SMILES string of the molecule is COc1ccc(C(=O)/C=C(\Nc2ccc(Cl)cc2)C(=O)[O-])cc1. The molecule has 0 aliphatic rings. The van der Waals surface area contributed by atoms with Crippen molar-refractivity contribution in [1.82, 2.24) is 0 Å². The molecule has 0 saturated heterocycles. The summed E-state index contributed by atoms with van der Waals surface area (Å²) in [6.07, 6.45) is 0.978. The summed E-state index contributed by atoms with van der Waals surface area (Å²) in [5, 5.41) is 14.3. The van der Waals surface area contributed by atoms with Crippen LogP contribution in [0.25, 0.3) is 0 Å². The topological polar surface area (TPSA) is 78.5 Å². The molecule has 0 heterocycles. The van der Waals surface area contributed by atoms with Crippen molar-refractivity contribution in [3.63, 3.8) is 0 Å². The summed E-state index contributed by atoms with van der Waals surface area (Å²) in [5.41, 5.74) is 0.475. The molecule has 0 saturated carbocycles. The Hall–Kier alpha value is -2.79. The molecule has 118 valence electrons. The first kappa shape index (κ1) is 16.6. The Morgan fingerprint density at radius 2 is 1.70 bits per heavy atom. The normalized spacial score (nSPS) is 11.0. The summed E-state index contributed by atoms with van der Waals surface area (Å²) in [5.74, 6) is -1.35. The molecule has 2 rings (SSSR count). The molecule has 2 aromatic carbocycles. The van der Waals surface area contributed by atoms with Gasteiger partial charge in [0.15, 0.2) is 5.78 Å². The number of carboxylic acids is 1. The maximum Gasteiger partial charge on any atom is 0.187 e. The highest BCUT2D eigenvalue weighted by Crippen LogP contribution is 2.16. The van der Waals surface area contributed by atoms with Crippen molar-refractivity contribution >= 4 is 29.0 Å². The first-order chi connectivity index (χ1) is 11.0. The van der Waals surface area contributed by atoms with Crippen LogP contribution in [0.3, 0.4) is 0 Å². The number of hydrogen-bond donors (Lipinski definition) is 1. The minimum Gasteiger partial charge on any atom is -0.543 e. The van der Waals surface area contributed by atoms with Gasteiger partial charge < -0.3 is 20.0 Å². The van der Waals surface area contributed by atoms with Gasteiger partial charge in [-0.1, -0.05) is 11.6 Å². The number of carbonyl (C=O) groups is 2. The van der Waals surface area contributed by atoms with Crippen molar-refractivity contribution in [2.24, 2.45) is 0 Å². The Kier molecular flexibility index (Phi) is 5.38. The highest BCUT2D eigenvalue weighted by atomic mass is 35.5. The molecular weight excluding hydrogens is 318 g/mol. The Labute approximate surface area is 138 Å². The molecule has 1 N–H and O–H groups in total. The monoisotopic (exact) mass is 330 g/mol. The molecule has 5 nitrogen and oxygen atoms in total. The van der Waals surface area contributed by atoms with E-state index in [1.165, 1.54) is 7.11 Å². The summed E-state index contributed by atoms with van der Waals surface area (Å²) < 4.78 is 5.00. The minimum absolute atomic E-state index is 0.336. The molecule has 2 aromatic rings. The van der Waals surface area contributed by atoms with Crippen molar-refractivity contribution in [3.8, 4) is 5.75 Å². The van der Waals surface area contributed by atoms with Crippen LogP contribution in [0.5, 0.6) is 5.75 Å². The van der Waals surface area contributed by atoms with Crippen LogP contribution in [0.2, 0.25) is 5.02 Å². The number of carbonyl (C=O) groups excluding carboxylic acids is 2. The Bertz CT molecular complexity index is 736. The largest absolute Gasteiger partial charge is 0.543 e. The number of rotatable bonds is 6. The molecule has 0 fully saturated rings. The molecule has 0 aliphatic heterocycles. The van der Waals surface area contributed by atoms with Gasteiger partial charge in [0, 0.05) is 22.3 Å². The van der Waals surface area contributed by atoms with Crippen LogP contribution in [0.15, 0.2) is 60.3 Å². The number of nitrogens with one attached hydrogen (secondary N) is 1. The van der Waals surface area contributed by atoms with Gasteiger partial charge in [-0.25, -0.2) is 0 Å². The summed E-state index contributed by atoms with van der Waals surface area (Å²) in [4.78, 5) is 23.3. The van der Waals surface area contributed by atoms with Gasteiger partial charge in [0.1, 0.15) is 5.75 Å². The van der Waals surface area contributed by atoms with Gasteiger partial charge >= 0.3 is 0 Å². The number of methoxy groups -OCH3 is 1. The fraction of sp³-hybridized carbons (Fsp3) is 0.0588. The first-order valence-corrected chi connectivity index (χ1v) is 7.01. The highest BCUT2D eigenvalue weighted by Gasteiger charge is 2.07. The maximum absolute atomic E-state index is 12.1. The Morgan fingerprint density at radius 1 is 1.09 bits per heavy atom. The third kappa shape index (κ3) is 4.59. The molecule has 0 bridgehead atoms. The predicted octanol–water partition coefficient (Wildman–Crippen LogP) is 2.28. The Morgan fingerprint density at radius 3 is 2.22 bits per heavy atom. The molecule has 6 heteroatoms. The second-order valence-corrected chi connectivity index (χ2v) is 5.01. The van der Waals surface area contributed by atoms with Gasteiger partial charge in [0.05, 0.1) is 18.8 Å². The summed E-state index contributed by atoms with van der Waals surface area (Å²) >= 11 is 5.76. The average Bonchev–Trinajstić information content (AvgIpc) is 2.56. The number of ketones is 1. The fourth-order valence-electron chi connectivity index (χ4n) is 1.80. The third-order valence-corrected chi connectivity index (χ3v) is 3.25. The number of aliphatic carboxylic acids is 1. The van der Waals surface area contributed by atoms with Crippen LogP contribution < -0.4 is 15.2 Å². The molecule has 23 heavy (non-hydrogen) atoms. The van der Waals surface area contributed by atoms with Crippen LogP contribution in [0, 0.1) is 0 Å². The van der Waals surface area contributed by atoms with Gasteiger partial charge in [0.2, 0.25) is 0 Å². The second kappa shape index (κ2) is 7.47. The van der Waals surface area contributed by atoms with E-state index in [0.29, 0.717) is 22.0 Å². The standard InChI is InChI=1S/C17H14ClNO4/c1-23-14-8-2-11(3-9-14)16(20)10-15(17(21)22)19-13-6-4-12(18)5-7-13/h2-10,19H,1H3,(H,21,22)/p-1/b15-10-. The molecule has 0 atom stereocenters. The summed E-state index contributed by atoms with van der Waals surface area (Å²) in [6, 6.07) is 12.7. The predicted molar refractivity (Wildman–Crippen MR) is 85.5 cm³/mol. The lowest BCUT2D eigenvalue weighted by molar-refractivity contribution is -0.299. The quantitative estimate of drug-likeness (QED) is 0.649. The van der Waals surface area contributed by atoms with Crippen molar-refractivity contribution < 1.29 is 19.4 Å². The smallest absolute Gasteiger partial charge is 0.187 e. The molecule has 0 aliphatic carbocycles. The molecule has 0 radical (unpaired) electrons. The minimum atomic E-state index is -1.48. The zero-order chi connectivity index (χ0) is 16.8. The number of ether oxygens (including phenoxy) is 1. The highest BCUT2D eigenvalue weighted by molar-refractivity contribution is 6.30. The lowest BCUT2D eigenvalue weighted by Gasteiger charge is -2.12. The van der Waals surface area contributed by atoms with Gasteiger partial charge in [0.25, 0.3) is 0 Å². The van der Waals surface area contributed by atoms with E-state index in [4.69, 9.17) is 16.3 Å². The average molecular weight is 331 g/mol. The third-order valence-electron chi connectivity index (χ3n) is 2.99. The van der Waals surface area contributed by atoms with Gasteiger partial charge in [-0.3, -0.25) is 4.79 Å². The van der Waals surface area contributed by atoms with Crippen LogP contribution in [0.4, 0.5) is 5.69 Å². The Balaban J connectivity index is 2.21. The summed E-state index contributed by atoms with van der Waals surface area (Å²) in [6.45, 7) is 0. The van der Waals surface area contributed by atoms with Gasteiger partial charge in [-0.2, -0.15) is 0 Å². The zero-order valence-corrected chi connectivity index (χ0v) is 13.0. The number of carboxylic acid groups (broad SMARTS) is 1. The van der Waals surface area contributed by atoms with E-state index < -0.39 is 11.8 Å². The van der Waals surface area contributed by atoms with Gasteiger partial charge in [-0.15, -0.1) is 0 Å². The zero-order valence-electron chi connectivity index (χ0n) is 12.2. The lowest BCUT2D eigenvalue weighted by Crippen LogP contribution is -2.29. The maximum atomic E-state index is 12.1. The van der Waals surface area contributed by atoms with Crippen molar-refractivity contribution in [3.05, 3.63) is 70.9 Å². The van der Waals surface area contributed by atoms with E-state index in [9.17, 15) is 14.7 Å². The first-order valence-electron chi connectivity index (χ1n) is 6.63. The molecule has 0 amide bonds. The number of halogens is 1.